The molecule has 3 rings (SSSR count). The second-order valence-corrected chi connectivity index (χ2v) is 7.66. The lowest BCUT2D eigenvalue weighted by Crippen LogP contribution is -2.33. The van der Waals surface area contributed by atoms with E-state index >= 15 is 0 Å². The Labute approximate surface area is 204 Å². The standard InChI is InChI=1S/C21H12Cl2F3N3O6/c22-15-6-3-12(29(33)34)8-14(15)18(30)28-17(20(31)32)10-1-4-13(5-2-10)35-19-16(23)7-11(9-27-19)21(24,25)26/h1-9,17H,(H,28,30)(H,31,32)/t17-/m1/s1. The monoisotopic (exact) mass is 529 g/mol. The van der Waals surface area contributed by atoms with Gasteiger partial charge < -0.3 is 15.2 Å². The van der Waals surface area contributed by atoms with Gasteiger partial charge in [0.05, 0.1) is 21.1 Å². The van der Waals surface area contributed by atoms with Crippen LogP contribution in [0.2, 0.25) is 10.0 Å². The maximum absolute atomic E-state index is 12.7. The minimum atomic E-state index is -4.64. The zero-order valence-corrected chi connectivity index (χ0v) is 18.6. The maximum atomic E-state index is 12.7. The van der Waals surface area contributed by atoms with Crippen LogP contribution in [0.1, 0.15) is 27.5 Å². The van der Waals surface area contributed by atoms with Crippen molar-refractivity contribution in [2.24, 2.45) is 0 Å². The molecule has 0 saturated carbocycles. The Hall–Kier alpha value is -3.90. The van der Waals surface area contributed by atoms with Gasteiger partial charge in [-0.2, -0.15) is 13.2 Å². The molecule has 0 saturated heterocycles. The predicted molar refractivity (Wildman–Crippen MR) is 117 cm³/mol. The van der Waals surface area contributed by atoms with Gasteiger partial charge in [0.2, 0.25) is 5.88 Å². The fraction of sp³-hybridized carbons (Fsp3) is 0.0952. The third-order valence-corrected chi connectivity index (χ3v) is 5.09. The Morgan fingerprint density at radius 1 is 1.09 bits per heavy atom. The number of nitro benzene ring substituents is 1. The van der Waals surface area contributed by atoms with E-state index in [1.165, 1.54) is 24.3 Å². The van der Waals surface area contributed by atoms with Gasteiger partial charge in [0.25, 0.3) is 11.6 Å². The van der Waals surface area contributed by atoms with Crippen molar-refractivity contribution in [3.05, 3.63) is 91.6 Å². The summed E-state index contributed by atoms with van der Waals surface area (Å²) < 4.78 is 43.5. The van der Waals surface area contributed by atoms with Gasteiger partial charge in [0, 0.05) is 18.3 Å². The van der Waals surface area contributed by atoms with Crippen LogP contribution in [0.25, 0.3) is 0 Å². The van der Waals surface area contributed by atoms with Crippen LogP contribution in [-0.2, 0) is 11.0 Å². The quantitative estimate of drug-likeness (QED) is 0.298. The highest BCUT2D eigenvalue weighted by molar-refractivity contribution is 6.34. The predicted octanol–water partition coefficient (Wildman–Crippen LogP) is 5.66. The molecule has 1 aromatic heterocycles. The molecule has 35 heavy (non-hydrogen) atoms. The lowest BCUT2D eigenvalue weighted by molar-refractivity contribution is -0.384. The summed E-state index contributed by atoms with van der Waals surface area (Å²) in [7, 11) is 0. The van der Waals surface area contributed by atoms with E-state index in [1.54, 1.807) is 0 Å². The van der Waals surface area contributed by atoms with Crippen LogP contribution in [0.3, 0.4) is 0 Å². The Morgan fingerprint density at radius 2 is 1.74 bits per heavy atom. The van der Waals surface area contributed by atoms with Gasteiger partial charge in [-0.05, 0) is 29.8 Å². The summed E-state index contributed by atoms with van der Waals surface area (Å²) in [6.45, 7) is 0. The SMILES string of the molecule is O=C(N[C@@H](C(=O)O)c1ccc(Oc2ncc(C(F)(F)F)cc2Cl)cc1)c1cc([N+](=O)[O-])ccc1Cl. The number of amides is 1. The average molecular weight is 530 g/mol. The summed E-state index contributed by atoms with van der Waals surface area (Å²) in [6, 6.07) is 7.34. The minimum absolute atomic E-state index is 0.0695. The van der Waals surface area contributed by atoms with Crippen LogP contribution >= 0.6 is 23.2 Å². The molecule has 0 aliphatic heterocycles. The number of non-ortho nitro benzene ring substituents is 1. The van der Waals surface area contributed by atoms with Crippen LogP contribution in [0.15, 0.2) is 54.7 Å². The number of hydrogen-bond acceptors (Lipinski definition) is 6. The van der Waals surface area contributed by atoms with Gasteiger partial charge in [-0.15, -0.1) is 0 Å². The van der Waals surface area contributed by atoms with Crippen molar-refractivity contribution in [2.75, 3.05) is 0 Å². The molecule has 0 fully saturated rings. The number of nitrogens with zero attached hydrogens (tertiary/aromatic N) is 2. The summed E-state index contributed by atoms with van der Waals surface area (Å²) in [5, 5.41) is 22.2. The fourth-order valence-corrected chi connectivity index (χ4v) is 3.20. The van der Waals surface area contributed by atoms with Crippen molar-refractivity contribution >= 4 is 40.8 Å². The van der Waals surface area contributed by atoms with Gasteiger partial charge in [0.1, 0.15) is 10.8 Å². The molecule has 0 unspecified atom stereocenters. The first-order chi connectivity index (χ1) is 16.4. The van der Waals surface area contributed by atoms with E-state index in [9.17, 15) is 38.0 Å². The van der Waals surface area contributed by atoms with Crippen molar-refractivity contribution in [1.82, 2.24) is 10.3 Å². The number of pyridine rings is 1. The molecule has 2 N–H and O–H groups in total. The highest BCUT2D eigenvalue weighted by atomic mass is 35.5. The molecule has 182 valence electrons. The first kappa shape index (κ1) is 25.7. The number of carboxylic acids is 1. The van der Waals surface area contributed by atoms with Gasteiger partial charge in [-0.1, -0.05) is 35.3 Å². The Balaban J connectivity index is 1.79. The molecule has 0 bridgehead atoms. The number of carbonyl (C=O) groups excluding carboxylic acids is 1. The topological polar surface area (TPSA) is 132 Å². The summed E-state index contributed by atoms with van der Waals surface area (Å²) in [5.74, 6) is -2.65. The van der Waals surface area contributed by atoms with E-state index in [0.29, 0.717) is 12.3 Å². The number of rotatable bonds is 7. The second kappa shape index (κ2) is 10.2. The number of ether oxygens (including phenoxy) is 1. The molecule has 2 aromatic carbocycles. The van der Waals surface area contributed by atoms with Gasteiger partial charge in [-0.25, -0.2) is 9.78 Å². The number of aliphatic carboxylic acids is 1. The summed E-state index contributed by atoms with van der Waals surface area (Å²) in [4.78, 5) is 38.1. The van der Waals surface area contributed by atoms with E-state index in [2.05, 4.69) is 10.3 Å². The molecular formula is C21H12Cl2F3N3O6. The number of aromatic nitrogens is 1. The zero-order valence-electron chi connectivity index (χ0n) is 17.0. The molecular weight excluding hydrogens is 518 g/mol. The van der Waals surface area contributed by atoms with Crippen LogP contribution in [0.5, 0.6) is 11.6 Å². The molecule has 9 nitrogen and oxygen atoms in total. The average Bonchev–Trinajstić information content (AvgIpc) is 2.78. The molecule has 3 aromatic rings. The summed E-state index contributed by atoms with van der Waals surface area (Å²) >= 11 is 11.7. The largest absolute Gasteiger partial charge is 0.479 e. The second-order valence-electron chi connectivity index (χ2n) is 6.85. The van der Waals surface area contributed by atoms with Crippen molar-refractivity contribution in [2.45, 2.75) is 12.2 Å². The van der Waals surface area contributed by atoms with E-state index in [0.717, 1.165) is 18.2 Å². The molecule has 0 aliphatic carbocycles. The van der Waals surface area contributed by atoms with Crippen LogP contribution in [-0.4, -0.2) is 26.9 Å². The summed E-state index contributed by atoms with van der Waals surface area (Å²) in [6.07, 6.45) is -4.09. The molecule has 1 amide bonds. The zero-order chi connectivity index (χ0) is 25.9. The maximum Gasteiger partial charge on any atom is 0.417 e. The molecule has 14 heteroatoms. The number of hydrogen-bond donors (Lipinski definition) is 2. The summed E-state index contributed by atoms with van der Waals surface area (Å²) in [5.41, 5.74) is -1.68. The molecule has 0 aliphatic rings. The van der Waals surface area contributed by atoms with Gasteiger partial charge in [0.15, 0.2) is 6.04 Å². The van der Waals surface area contributed by atoms with Crippen LogP contribution in [0.4, 0.5) is 18.9 Å². The first-order valence-electron chi connectivity index (χ1n) is 9.35. The van der Waals surface area contributed by atoms with Crippen molar-refractivity contribution < 1.29 is 37.5 Å². The molecule has 0 spiro atoms. The Kier molecular flexibility index (Phi) is 7.46. The number of carboxylic acid groups (broad SMARTS) is 1. The van der Waals surface area contributed by atoms with E-state index in [-0.39, 0.29) is 27.8 Å². The number of nitro groups is 1. The molecule has 0 radical (unpaired) electrons. The van der Waals surface area contributed by atoms with Crippen molar-refractivity contribution in [3.63, 3.8) is 0 Å². The highest BCUT2D eigenvalue weighted by Gasteiger charge is 2.32. The first-order valence-corrected chi connectivity index (χ1v) is 10.1. The van der Waals surface area contributed by atoms with Crippen molar-refractivity contribution in [1.29, 1.82) is 0 Å². The van der Waals surface area contributed by atoms with E-state index < -0.39 is 45.3 Å². The Morgan fingerprint density at radius 3 is 2.29 bits per heavy atom. The van der Waals surface area contributed by atoms with Crippen LogP contribution < -0.4 is 10.1 Å². The van der Waals surface area contributed by atoms with E-state index in [1.807, 2.05) is 0 Å². The van der Waals surface area contributed by atoms with Gasteiger partial charge >= 0.3 is 12.1 Å². The smallest absolute Gasteiger partial charge is 0.417 e. The molecule has 1 atom stereocenters. The third-order valence-electron chi connectivity index (χ3n) is 4.49. The fourth-order valence-electron chi connectivity index (χ4n) is 2.79. The third kappa shape index (κ3) is 6.16. The van der Waals surface area contributed by atoms with Gasteiger partial charge in [-0.3, -0.25) is 14.9 Å². The van der Waals surface area contributed by atoms with Crippen LogP contribution in [0, 0.1) is 10.1 Å². The number of halogens is 5. The number of nitrogens with one attached hydrogen (secondary N) is 1. The highest BCUT2D eigenvalue weighted by Crippen LogP contribution is 2.35. The van der Waals surface area contributed by atoms with E-state index in [4.69, 9.17) is 27.9 Å². The lowest BCUT2D eigenvalue weighted by Gasteiger charge is -2.16. The lowest BCUT2D eigenvalue weighted by atomic mass is 10.1. The van der Waals surface area contributed by atoms with Crippen molar-refractivity contribution in [3.8, 4) is 11.6 Å². The number of benzene rings is 2. The minimum Gasteiger partial charge on any atom is -0.479 e. The Bertz CT molecular complexity index is 1300. The number of carbonyl (C=O) groups is 2. The number of alkyl halides is 3. The normalized spacial score (nSPS) is 12.0. The molecule has 1 heterocycles.